The standard InChI is InChI=1S/C16H22Cl2N2/c1-12-9-19-16(7-2-3-8-16)11-20(12)10-13-5-4-6-14(17)15(13)18/h4-6,12,19H,2-3,7-11H2,1H3. The first-order valence-corrected chi connectivity index (χ1v) is 8.27. The average Bonchev–Trinajstić information content (AvgIpc) is 2.88. The molecule has 3 rings (SSSR count). The van der Waals surface area contributed by atoms with Crippen LogP contribution in [-0.2, 0) is 6.54 Å². The van der Waals surface area contributed by atoms with Gasteiger partial charge in [0.25, 0.3) is 0 Å². The lowest BCUT2D eigenvalue weighted by atomic mass is 9.92. The number of nitrogens with one attached hydrogen (secondary N) is 1. The van der Waals surface area contributed by atoms with Crippen LogP contribution in [0.4, 0.5) is 0 Å². The highest BCUT2D eigenvalue weighted by Gasteiger charge is 2.39. The van der Waals surface area contributed by atoms with E-state index in [0.29, 0.717) is 21.6 Å². The van der Waals surface area contributed by atoms with Gasteiger partial charge in [-0.1, -0.05) is 48.2 Å². The molecule has 1 saturated carbocycles. The van der Waals surface area contributed by atoms with Gasteiger partial charge in [-0.2, -0.15) is 0 Å². The molecule has 1 heterocycles. The Bertz CT molecular complexity index is 483. The molecule has 0 aromatic heterocycles. The molecule has 0 bridgehead atoms. The quantitative estimate of drug-likeness (QED) is 0.884. The zero-order valence-corrected chi connectivity index (χ0v) is 13.5. The van der Waals surface area contributed by atoms with Gasteiger partial charge in [-0.25, -0.2) is 0 Å². The molecule has 2 nitrogen and oxygen atoms in total. The van der Waals surface area contributed by atoms with Crippen LogP contribution in [0.25, 0.3) is 0 Å². The van der Waals surface area contributed by atoms with Gasteiger partial charge < -0.3 is 5.32 Å². The maximum absolute atomic E-state index is 6.34. The second kappa shape index (κ2) is 5.84. The van der Waals surface area contributed by atoms with E-state index >= 15 is 0 Å². The maximum atomic E-state index is 6.34. The Morgan fingerprint density at radius 2 is 2.05 bits per heavy atom. The summed E-state index contributed by atoms with van der Waals surface area (Å²) in [7, 11) is 0. The van der Waals surface area contributed by atoms with Crippen LogP contribution in [0.1, 0.15) is 38.2 Å². The molecule has 1 N–H and O–H groups in total. The number of piperazine rings is 1. The van der Waals surface area contributed by atoms with Gasteiger partial charge in [0.2, 0.25) is 0 Å². The van der Waals surface area contributed by atoms with Crippen LogP contribution in [0.2, 0.25) is 10.0 Å². The fraction of sp³-hybridized carbons (Fsp3) is 0.625. The lowest BCUT2D eigenvalue weighted by Crippen LogP contribution is -2.62. The van der Waals surface area contributed by atoms with Crippen molar-refractivity contribution in [2.75, 3.05) is 13.1 Å². The Balaban J connectivity index is 1.76. The minimum absolute atomic E-state index is 0.345. The van der Waals surface area contributed by atoms with Crippen molar-refractivity contribution in [2.45, 2.75) is 50.7 Å². The molecule has 20 heavy (non-hydrogen) atoms. The first-order valence-electron chi connectivity index (χ1n) is 7.52. The van der Waals surface area contributed by atoms with Gasteiger partial charge in [0.1, 0.15) is 0 Å². The molecular formula is C16H22Cl2N2. The zero-order chi connectivity index (χ0) is 14.2. The summed E-state index contributed by atoms with van der Waals surface area (Å²) in [6, 6.07) is 6.47. The lowest BCUT2D eigenvalue weighted by Gasteiger charge is -2.45. The monoisotopic (exact) mass is 312 g/mol. The van der Waals surface area contributed by atoms with Gasteiger partial charge in [-0.15, -0.1) is 0 Å². The molecule has 1 saturated heterocycles. The Morgan fingerprint density at radius 3 is 2.80 bits per heavy atom. The summed E-state index contributed by atoms with van der Waals surface area (Å²) in [6.07, 6.45) is 5.32. The number of benzene rings is 1. The maximum Gasteiger partial charge on any atom is 0.0637 e. The van der Waals surface area contributed by atoms with E-state index in [2.05, 4.69) is 23.2 Å². The Labute approximate surface area is 131 Å². The molecule has 1 aliphatic carbocycles. The third kappa shape index (κ3) is 2.85. The highest BCUT2D eigenvalue weighted by atomic mass is 35.5. The summed E-state index contributed by atoms with van der Waals surface area (Å²) in [5.41, 5.74) is 1.48. The van der Waals surface area contributed by atoms with E-state index in [1.165, 1.54) is 25.7 Å². The van der Waals surface area contributed by atoms with E-state index in [4.69, 9.17) is 23.2 Å². The molecule has 0 amide bonds. The fourth-order valence-electron chi connectivity index (χ4n) is 3.58. The first-order chi connectivity index (χ1) is 9.60. The van der Waals surface area contributed by atoms with Crippen LogP contribution in [0.15, 0.2) is 18.2 Å². The van der Waals surface area contributed by atoms with Crippen LogP contribution in [-0.4, -0.2) is 29.6 Å². The van der Waals surface area contributed by atoms with Gasteiger partial charge in [0, 0.05) is 31.2 Å². The second-order valence-corrected chi connectivity index (χ2v) is 7.12. The largest absolute Gasteiger partial charge is 0.308 e. The van der Waals surface area contributed by atoms with Gasteiger partial charge in [0.05, 0.1) is 10.0 Å². The highest BCUT2D eigenvalue weighted by Crippen LogP contribution is 2.34. The van der Waals surface area contributed by atoms with Crippen LogP contribution in [0.5, 0.6) is 0 Å². The molecule has 4 heteroatoms. The fourth-order valence-corrected chi connectivity index (χ4v) is 3.96. The van der Waals surface area contributed by atoms with Crippen molar-refractivity contribution in [3.05, 3.63) is 33.8 Å². The number of hydrogen-bond acceptors (Lipinski definition) is 2. The van der Waals surface area contributed by atoms with E-state index in [1.54, 1.807) is 0 Å². The van der Waals surface area contributed by atoms with Gasteiger partial charge >= 0.3 is 0 Å². The van der Waals surface area contributed by atoms with Crippen molar-refractivity contribution >= 4 is 23.2 Å². The third-order valence-corrected chi connectivity index (χ3v) is 5.73. The van der Waals surface area contributed by atoms with E-state index in [0.717, 1.165) is 25.2 Å². The minimum Gasteiger partial charge on any atom is -0.308 e. The summed E-state index contributed by atoms with van der Waals surface area (Å²) in [5, 5.41) is 5.15. The van der Waals surface area contributed by atoms with Crippen molar-refractivity contribution < 1.29 is 0 Å². The lowest BCUT2D eigenvalue weighted by molar-refractivity contribution is 0.0827. The molecule has 0 radical (unpaired) electrons. The Hall–Kier alpha value is -0.280. The second-order valence-electron chi connectivity index (χ2n) is 6.34. The Morgan fingerprint density at radius 1 is 1.30 bits per heavy atom. The topological polar surface area (TPSA) is 15.3 Å². The summed E-state index contributed by atoms with van der Waals surface area (Å²) >= 11 is 12.5. The zero-order valence-electron chi connectivity index (χ0n) is 12.0. The van der Waals surface area contributed by atoms with Crippen molar-refractivity contribution in [3.63, 3.8) is 0 Å². The summed E-state index contributed by atoms with van der Waals surface area (Å²) in [6.45, 7) is 5.37. The molecule has 2 aliphatic rings. The summed E-state index contributed by atoms with van der Waals surface area (Å²) < 4.78 is 0. The van der Waals surface area contributed by atoms with E-state index in [-0.39, 0.29) is 0 Å². The number of hydrogen-bond donors (Lipinski definition) is 1. The summed E-state index contributed by atoms with van der Waals surface area (Å²) in [4.78, 5) is 2.55. The molecule has 2 fully saturated rings. The third-order valence-electron chi connectivity index (χ3n) is 4.87. The van der Waals surface area contributed by atoms with Crippen molar-refractivity contribution in [1.82, 2.24) is 10.2 Å². The van der Waals surface area contributed by atoms with Crippen molar-refractivity contribution in [3.8, 4) is 0 Å². The SMILES string of the molecule is CC1CNC2(CCCC2)CN1Cc1cccc(Cl)c1Cl. The molecule has 110 valence electrons. The van der Waals surface area contributed by atoms with Crippen LogP contribution >= 0.6 is 23.2 Å². The first kappa shape index (κ1) is 14.6. The Kier molecular flexibility index (Phi) is 4.28. The van der Waals surface area contributed by atoms with Crippen LogP contribution in [0.3, 0.4) is 0 Å². The average molecular weight is 313 g/mol. The van der Waals surface area contributed by atoms with Crippen LogP contribution < -0.4 is 5.32 Å². The molecule has 1 aromatic rings. The minimum atomic E-state index is 0.345. The molecule has 1 atom stereocenters. The molecular weight excluding hydrogens is 291 g/mol. The van der Waals surface area contributed by atoms with E-state index in [9.17, 15) is 0 Å². The number of rotatable bonds is 2. The van der Waals surface area contributed by atoms with Gasteiger partial charge in [0.15, 0.2) is 0 Å². The number of halogens is 2. The van der Waals surface area contributed by atoms with Crippen molar-refractivity contribution in [2.24, 2.45) is 0 Å². The van der Waals surface area contributed by atoms with Crippen molar-refractivity contribution in [1.29, 1.82) is 0 Å². The van der Waals surface area contributed by atoms with Gasteiger partial charge in [-0.05, 0) is 31.4 Å². The molecule has 1 unspecified atom stereocenters. The molecule has 1 aliphatic heterocycles. The normalized spacial score (nSPS) is 26.2. The molecule has 1 spiro atoms. The smallest absolute Gasteiger partial charge is 0.0637 e. The van der Waals surface area contributed by atoms with Crippen LogP contribution in [0, 0.1) is 0 Å². The van der Waals surface area contributed by atoms with E-state index in [1.807, 2.05) is 12.1 Å². The predicted molar refractivity (Wildman–Crippen MR) is 85.5 cm³/mol. The predicted octanol–water partition coefficient (Wildman–Crippen LogP) is 4.10. The highest BCUT2D eigenvalue weighted by molar-refractivity contribution is 6.42. The summed E-state index contributed by atoms with van der Waals surface area (Å²) in [5.74, 6) is 0. The van der Waals surface area contributed by atoms with E-state index < -0.39 is 0 Å². The molecule has 1 aromatic carbocycles. The van der Waals surface area contributed by atoms with Gasteiger partial charge in [-0.3, -0.25) is 4.90 Å². The number of nitrogens with zero attached hydrogens (tertiary/aromatic N) is 1.